The van der Waals surface area contributed by atoms with Crippen LogP contribution in [0.15, 0.2) is 24.3 Å². The van der Waals surface area contributed by atoms with Crippen LogP contribution in [0, 0.1) is 5.41 Å². The topological polar surface area (TPSA) is 29.5 Å². The monoisotopic (exact) mass is 247 g/mol. The first kappa shape index (κ1) is 12.9. The van der Waals surface area contributed by atoms with E-state index in [0.29, 0.717) is 6.54 Å². The van der Waals surface area contributed by atoms with E-state index < -0.39 is 0 Å². The number of hydrogen-bond donors (Lipinski definition) is 0. The van der Waals surface area contributed by atoms with Gasteiger partial charge in [0.25, 0.3) is 0 Å². The van der Waals surface area contributed by atoms with Crippen LogP contribution in [-0.4, -0.2) is 18.1 Å². The van der Waals surface area contributed by atoms with Crippen LogP contribution in [-0.2, 0) is 4.79 Å². The summed E-state index contributed by atoms with van der Waals surface area (Å²) in [6.45, 7) is 10.4. The number of fused-ring (bicyclic) bond motifs is 1. The zero-order valence-corrected chi connectivity index (χ0v) is 11.8. The number of ether oxygens (including phenoxy) is 1. The van der Waals surface area contributed by atoms with Crippen molar-refractivity contribution < 1.29 is 9.53 Å². The van der Waals surface area contributed by atoms with Gasteiger partial charge in [-0.2, -0.15) is 0 Å². The Balaban J connectivity index is 2.45. The number of amides is 1. The Bertz CT molecular complexity index is 472. The predicted molar refractivity (Wildman–Crippen MR) is 73.0 cm³/mol. The number of rotatable bonds is 0. The summed E-state index contributed by atoms with van der Waals surface area (Å²) in [7, 11) is 0. The standard InChI is InChI=1S/C15H21NO2/c1-14(2,3)13(17)16-10-15(4,5)18-12-9-7-6-8-11(12)16/h6-9H,10H2,1-5H3. The molecule has 0 spiro atoms. The SMILES string of the molecule is CC1(C)CN(C(=O)C(C)(C)C)c2ccccc2O1. The van der Waals surface area contributed by atoms with Crippen LogP contribution in [0.5, 0.6) is 5.75 Å². The molecule has 3 nitrogen and oxygen atoms in total. The smallest absolute Gasteiger partial charge is 0.232 e. The second kappa shape index (κ2) is 4.01. The molecule has 0 saturated carbocycles. The molecule has 1 aromatic carbocycles. The molecule has 0 radical (unpaired) electrons. The number of nitrogens with zero attached hydrogens (tertiary/aromatic N) is 1. The molecule has 0 fully saturated rings. The summed E-state index contributed by atoms with van der Waals surface area (Å²) in [5, 5.41) is 0. The average Bonchev–Trinajstić information content (AvgIpc) is 2.24. The largest absolute Gasteiger partial charge is 0.484 e. The fourth-order valence-corrected chi connectivity index (χ4v) is 2.15. The van der Waals surface area contributed by atoms with Crippen LogP contribution in [0.4, 0.5) is 5.69 Å². The van der Waals surface area contributed by atoms with Crippen molar-refractivity contribution in [2.24, 2.45) is 5.41 Å². The molecule has 0 N–H and O–H groups in total. The van der Waals surface area contributed by atoms with E-state index in [4.69, 9.17) is 4.74 Å². The third kappa shape index (κ3) is 2.35. The van der Waals surface area contributed by atoms with Gasteiger partial charge in [0.2, 0.25) is 5.91 Å². The molecule has 0 aromatic heterocycles. The van der Waals surface area contributed by atoms with Gasteiger partial charge >= 0.3 is 0 Å². The van der Waals surface area contributed by atoms with E-state index in [1.807, 2.05) is 63.8 Å². The Kier molecular flexibility index (Phi) is 2.88. The van der Waals surface area contributed by atoms with Crippen LogP contribution in [0.25, 0.3) is 0 Å². The third-order valence-electron chi connectivity index (χ3n) is 2.97. The first-order valence-electron chi connectivity index (χ1n) is 6.31. The molecule has 1 heterocycles. The molecule has 18 heavy (non-hydrogen) atoms. The molecular formula is C15H21NO2. The lowest BCUT2D eigenvalue weighted by atomic mass is 9.92. The first-order valence-corrected chi connectivity index (χ1v) is 6.31. The summed E-state index contributed by atoms with van der Waals surface area (Å²) in [6, 6.07) is 7.72. The summed E-state index contributed by atoms with van der Waals surface area (Å²) in [4.78, 5) is 14.4. The zero-order chi connectivity index (χ0) is 13.6. The summed E-state index contributed by atoms with van der Waals surface area (Å²) in [5.41, 5.74) is 0.132. The minimum Gasteiger partial charge on any atom is -0.484 e. The summed E-state index contributed by atoms with van der Waals surface area (Å²) >= 11 is 0. The average molecular weight is 247 g/mol. The van der Waals surface area contributed by atoms with Crippen LogP contribution < -0.4 is 9.64 Å². The van der Waals surface area contributed by atoms with Gasteiger partial charge in [-0.1, -0.05) is 32.9 Å². The number of anilines is 1. The van der Waals surface area contributed by atoms with Crippen molar-refractivity contribution in [2.75, 3.05) is 11.4 Å². The van der Waals surface area contributed by atoms with Crippen LogP contribution >= 0.6 is 0 Å². The van der Waals surface area contributed by atoms with E-state index in [2.05, 4.69) is 0 Å². The Hall–Kier alpha value is -1.51. The lowest BCUT2D eigenvalue weighted by Crippen LogP contribution is -2.52. The van der Waals surface area contributed by atoms with Gasteiger partial charge in [0.1, 0.15) is 11.4 Å². The molecule has 1 amide bonds. The Morgan fingerprint density at radius 3 is 2.50 bits per heavy atom. The van der Waals surface area contributed by atoms with Crippen molar-refractivity contribution in [3.63, 3.8) is 0 Å². The van der Waals surface area contributed by atoms with Crippen molar-refractivity contribution in [3.8, 4) is 5.75 Å². The lowest BCUT2D eigenvalue weighted by Gasteiger charge is -2.41. The van der Waals surface area contributed by atoms with E-state index in [1.54, 1.807) is 0 Å². The Labute approximate surface area is 109 Å². The van der Waals surface area contributed by atoms with Crippen LogP contribution in [0.2, 0.25) is 0 Å². The molecule has 98 valence electrons. The highest BCUT2D eigenvalue weighted by molar-refractivity contribution is 5.98. The third-order valence-corrected chi connectivity index (χ3v) is 2.97. The fraction of sp³-hybridized carbons (Fsp3) is 0.533. The van der Waals surface area contributed by atoms with Crippen molar-refractivity contribution in [2.45, 2.75) is 40.2 Å². The van der Waals surface area contributed by atoms with Gasteiger partial charge in [0.05, 0.1) is 12.2 Å². The molecule has 0 bridgehead atoms. The number of carbonyl (C=O) groups excluding carboxylic acids is 1. The molecule has 0 unspecified atom stereocenters. The van der Waals surface area contributed by atoms with E-state index >= 15 is 0 Å². The van der Waals surface area contributed by atoms with E-state index in [-0.39, 0.29) is 16.9 Å². The fourth-order valence-electron chi connectivity index (χ4n) is 2.15. The molecular weight excluding hydrogens is 226 g/mol. The van der Waals surface area contributed by atoms with Gasteiger partial charge in [-0.15, -0.1) is 0 Å². The number of hydrogen-bond acceptors (Lipinski definition) is 2. The molecule has 1 aliphatic heterocycles. The lowest BCUT2D eigenvalue weighted by molar-refractivity contribution is -0.126. The summed E-state index contributed by atoms with van der Waals surface area (Å²) < 4.78 is 5.92. The maximum Gasteiger partial charge on any atom is 0.232 e. The molecule has 1 aliphatic rings. The number of carbonyl (C=O) groups is 1. The van der Waals surface area contributed by atoms with Gasteiger partial charge in [0, 0.05) is 5.41 Å². The van der Waals surface area contributed by atoms with Crippen molar-refractivity contribution in [1.82, 2.24) is 0 Å². The van der Waals surface area contributed by atoms with Crippen molar-refractivity contribution in [3.05, 3.63) is 24.3 Å². The minimum atomic E-state index is -0.388. The Morgan fingerprint density at radius 1 is 1.28 bits per heavy atom. The zero-order valence-electron chi connectivity index (χ0n) is 11.8. The highest BCUT2D eigenvalue weighted by Crippen LogP contribution is 2.38. The summed E-state index contributed by atoms with van der Waals surface area (Å²) in [5.74, 6) is 0.915. The molecule has 1 aromatic rings. The second-order valence-electron chi connectivity index (χ2n) is 6.47. The molecule has 0 aliphatic carbocycles. The maximum absolute atomic E-state index is 12.5. The molecule has 2 rings (SSSR count). The quantitative estimate of drug-likeness (QED) is 0.704. The van der Waals surface area contributed by atoms with Crippen molar-refractivity contribution >= 4 is 11.6 Å². The number of benzene rings is 1. The molecule has 0 atom stereocenters. The van der Waals surface area contributed by atoms with Gasteiger partial charge in [-0.25, -0.2) is 0 Å². The Morgan fingerprint density at radius 2 is 1.89 bits per heavy atom. The van der Waals surface area contributed by atoms with Crippen molar-refractivity contribution in [1.29, 1.82) is 0 Å². The first-order chi connectivity index (χ1) is 8.21. The van der Waals surface area contributed by atoms with E-state index in [1.165, 1.54) is 0 Å². The number of para-hydroxylation sites is 2. The molecule has 3 heteroatoms. The van der Waals surface area contributed by atoms with Gasteiger partial charge in [-0.3, -0.25) is 4.79 Å². The normalized spacial score (nSPS) is 17.9. The highest BCUT2D eigenvalue weighted by Gasteiger charge is 2.38. The van der Waals surface area contributed by atoms with E-state index in [9.17, 15) is 4.79 Å². The van der Waals surface area contributed by atoms with Crippen LogP contribution in [0.3, 0.4) is 0 Å². The highest BCUT2D eigenvalue weighted by atomic mass is 16.5. The van der Waals surface area contributed by atoms with Gasteiger partial charge < -0.3 is 9.64 Å². The van der Waals surface area contributed by atoms with Gasteiger partial charge in [0.15, 0.2) is 0 Å². The summed E-state index contributed by atoms with van der Waals surface area (Å²) in [6.07, 6.45) is 0. The van der Waals surface area contributed by atoms with Crippen LogP contribution in [0.1, 0.15) is 34.6 Å². The maximum atomic E-state index is 12.5. The predicted octanol–water partition coefficient (Wildman–Crippen LogP) is 3.24. The second-order valence-corrected chi connectivity index (χ2v) is 6.47. The van der Waals surface area contributed by atoms with E-state index in [0.717, 1.165) is 11.4 Å². The van der Waals surface area contributed by atoms with Gasteiger partial charge in [-0.05, 0) is 26.0 Å². The molecule has 0 saturated heterocycles. The minimum absolute atomic E-state index is 0.131.